The Kier molecular flexibility index (Phi) is 5.06. The number of benzene rings is 2. The molecule has 2 aromatic carbocycles. The lowest BCUT2D eigenvalue weighted by Crippen LogP contribution is -2.07. The van der Waals surface area contributed by atoms with Crippen LogP contribution in [0.25, 0.3) is 0 Å². The van der Waals surface area contributed by atoms with Crippen molar-refractivity contribution in [2.24, 2.45) is 0 Å². The van der Waals surface area contributed by atoms with Crippen LogP contribution in [0.3, 0.4) is 0 Å². The van der Waals surface area contributed by atoms with Crippen LogP contribution in [0.1, 0.15) is 17.0 Å². The summed E-state index contributed by atoms with van der Waals surface area (Å²) in [5.74, 6) is 1.53. The summed E-state index contributed by atoms with van der Waals surface area (Å²) < 4.78 is 38.5. The van der Waals surface area contributed by atoms with Gasteiger partial charge in [0.2, 0.25) is 0 Å². The van der Waals surface area contributed by atoms with Gasteiger partial charge in [0.25, 0.3) is 0 Å². The first-order valence-electron chi connectivity index (χ1n) is 7.98. The first-order chi connectivity index (χ1) is 12.4. The van der Waals surface area contributed by atoms with Gasteiger partial charge in [0.1, 0.15) is 17.5 Å². The number of anilines is 3. The number of nitrogens with one attached hydrogen (secondary N) is 2. The maximum absolute atomic E-state index is 12.8. The van der Waals surface area contributed by atoms with E-state index in [1.807, 2.05) is 30.3 Å². The van der Waals surface area contributed by atoms with Crippen LogP contribution in [0.5, 0.6) is 0 Å². The van der Waals surface area contributed by atoms with Crippen molar-refractivity contribution in [2.45, 2.75) is 19.6 Å². The number of halogens is 3. The molecule has 0 saturated heterocycles. The summed E-state index contributed by atoms with van der Waals surface area (Å²) >= 11 is 0. The van der Waals surface area contributed by atoms with E-state index < -0.39 is 11.7 Å². The third-order valence-electron chi connectivity index (χ3n) is 3.62. The van der Waals surface area contributed by atoms with Crippen molar-refractivity contribution in [3.05, 3.63) is 77.6 Å². The molecular formula is C19H17F3N4. The van der Waals surface area contributed by atoms with E-state index in [1.54, 1.807) is 19.1 Å². The van der Waals surface area contributed by atoms with Crippen LogP contribution in [-0.2, 0) is 12.7 Å². The fraction of sp³-hybridized carbons (Fsp3) is 0.158. The molecule has 0 amide bonds. The van der Waals surface area contributed by atoms with Gasteiger partial charge in [-0.3, -0.25) is 0 Å². The molecule has 134 valence electrons. The van der Waals surface area contributed by atoms with Crippen molar-refractivity contribution in [3.8, 4) is 0 Å². The van der Waals surface area contributed by atoms with E-state index in [2.05, 4.69) is 20.6 Å². The highest BCUT2D eigenvalue weighted by Gasteiger charge is 2.30. The van der Waals surface area contributed by atoms with Gasteiger partial charge < -0.3 is 10.6 Å². The van der Waals surface area contributed by atoms with E-state index >= 15 is 0 Å². The smallest absolute Gasteiger partial charge is 0.366 e. The Bertz CT molecular complexity index is 879. The fourth-order valence-electron chi connectivity index (χ4n) is 2.43. The van der Waals surface area contributed by atoms with Crippen molar-refractivity contribution < 1.29 is 13.2 Å². The van der Waals surface area contributed by atoms with Gasteiger partial charge in [0.05, 0.1) is 5.56 Å². The lowest BCUT2D eigenvalue weighted by atomic mass is 10.2. The van der Waals surface area contributed by atoms with Gasteiger partial charge in [-0.25, -0.2) is 9.97 Å². The molecule has 4 nitrogen and oxygen atoms in total. The van der Waals surface area contributed by atoms with Crippen LogP contribution in [0.4, 0.5) is 30.5 Å². The third kappa shape index (κ3) is 4.72. The summed E-state index contributed by atoms with van der Waals surface area (Å²) in [6.07, 6.45) is -4.39. The number of hydrogen-bond acceptors (Lipinski definition) is 4. The average Bonchev–Trinajstić information content (AvgIpc) is 2.60. The number of aryl methyl sites for hydroxylation is 1. The van der Waals surface area contributed by atoms with Gasteiger partial charge in [0, 0.05) is 18.3 Å². The van der Waals surface area contributed by atoms with E-state index in [4.69, 9.17) is 0 Å². The lowest BCUT2D eigenvalue weighted by Gasteiger charge is -2.12. The predicted octanol–water partition coefficient (Wildman–Crippen LogP) is 5.16. The van der Waals surface area contributed by atoms with Crippen LogP contribution in [-0.4, -0.2) is 9.97 Å². The molecule has 0 unspecified atom stereocenters. The van der Waals surface area contributed by atoms with Crippen LogP contribution in [0.15, 0.2) is 60.7 Å². The standard InChI is InChI=1S/C19H17F3N4/c1-13-24-17(23-12-14-6-3-2-4-7-14)11-18(25-13)26-16-9-5-8-15(10-16)19(20,21)22/h2-11H,12H2,1H3,(H2,23,24,25,26). The minimum atomic E-state index is -4.39. The zero-order valence-corrected chi connectivity index (χ0v) is 14.0. The minimum Gasteiger partial charge on any atom is -0.366 e. The fourth-order valence-corrected chi connectivity index (χ4v) is 2.43. The summed E-state index contributed by atoms with van der Waals surface area (Å²) in [5, 5.41) is 6.10. The molecule has 26 heavy (non-hydrogen) atoms. The molecule has 0 saturated carbocycles. The number of nitrogens with zero attached hydrogens (tertiary/aromatic N) is 2. The Hall–Kier alpha value is -3.09. The summed E-state index contributed by atoms with van der Waals surface area (Å²) in [7, 11) is 0. The van der Waals surface area contributed by atoms with Crippen molar-refractivity contribution in [1.29, 1.82) is 0 Å². The molecular weight excluding hydrogens is 341 g/mol. The van der Waals surface area contributed by atoms with E-state index in [-0.39, 0.29) is 0 Å². The molecule has 3 rings (SSSR count). The summed E-state index contributed by atoms with van der Waals surface area (Å²) in [6.45, 7) is 2.31. The Morgan fingerprint density at radius 3 is 2.35 bits per heavy atom. The zero-order valence-electron chi connectivity index (χ0n) is 14.0. The SMILES string of the molecule is Cc1nc(NCc2ccccc2)cc(Nc2cccc(C(F)(F)F)c2)n1. The second-order valence-corrected chi connectivity index (χ2v) is 5.73. The average molecular weight is 358 g/mol. The van der Waals surface area contributed by atoms with Crippen molar-refractivity contribution in [2.75, 3.05) is 10.6 Å². The molecule has 0 atom stereocenters. The molecule has 2 N–H and O–H groups in total. The summed E-state index contributed by atoms with van der Waals surface area (Å²) in [4.78, 5) is 8.54. The number of hydrogen-bond donors (Lipinski definition) is 2. The van der Waals surface area contributed by atoms with Crippen molar-refractivity contribution in [1.82, 2.24) is 9.97 Å². The molecule has 7 heteroatoms. The molecule has 0 aliphatic heterocycles. The first-order valence-corrected chi connectivity index (χ1v) is 7.98. The maximum Gasteiger partial charge on any atom is 0.416 e. The normalized spacial score (nSPS) is 11.2. The first kappa shape index (κ1) is 17.7. The molecule has 0 fully saturated rings. The maximum atomic E-state index is 12.8. The Morgan fingerprint density at radius 1 is 0.885 bits per heavy atom. The molecule has 3 aromatic rings. The third-order valence-corrected chi connectivity index (χ3v) is 3.62. The number of aromatic nitrogens is 2. The summed E-state index contributed by atoms with van der Waals surface area (Å²) in [6, 6.07) is 16.5. The zero-order chi connectivity index (χ0) is 18.6. The molecule has 0 radical (unpaired) electrons. The monoisotopic (exact) mass is 358 g/mol. The largest absolute Gasteiger partial charge is 0.416 e. The van der Waals surface area contributed by atoms with Crippen molar-refractivity contribution in [3.63, 3.8) is 0 Å². The quantitative estimate of drug-likeness (QED) is 0.661. The molecule has 0 aliphatic carbocycles. The highest BCUT2D eigenvalue weighted by Crippen LogP contribution is 2.31. The number of alkyl halides is 3. The Morgan fingerprint density at radius 2 is 1.62 bits per heavy atom. The Labute approximate surface area is 149 Å². The molecule has 1 heterocycles. The number of rotatable bonds is 5. The minimum absolute atomic E-state index is 0.312. The van der Waals surface area contributed by atoms with Crippen LogP contribution >= 0.6 is 0 Å². The second-order valence-electron chi connectivity index (χ2n) is 5.73. The van der Waals surface area contributed by atoms with E-state index in [1.165, 1.54) is 6.07 Å². The van der Waals surface area contributed by atoms with Gasteiger partial charge in [-0.1, -0.05) is 36.4 Å². The lowest BCUT2D eigenvalue weighted by molar-refractivity contribution is -0.137. The van der Waals surface area contributed by atoms with Crippen LogP contribution in [0, 0.1) is 6.92 Å². The highest BCUT2D eigenvalue weighted by molar-refractivity contribution is 5.60. The van der Waals surface area contributed by atoms with Crippen LogP contribution < -0.4 is 10.6 Å². The molecule has 0 bridgehead atoms. The van der Waals surface area contributed by atoms with Gasteiger partial charge in [-0.05, 0) is 30.7 Å². The van der Waals surface area contributed by atoms with Gasteiger partial charge in [-0.2, -0.15) is 13.2 Å². The van der Waals surface area contributed by atoms with Crippen LogP contribution in [0.2, 0.25) is 0 Å². The highest BCUT2D eigenvalue weighted by atomic mass is 19.4. The van der Waals surface area contributed by atoms with E-state index in [0.717, 1.165) is 17.7 Å². The van der Waals surface area contributed by atoms with Gasteiger partial charge in [0.15, 0.2) is 0 Å². The molecule has 0 spiro atoms. The van der Waals surface area contributed by atoms with E-state index in [0.29, 0.717) is 29.7 Å². The Balaban J connectivity index is 1.75. The molecule has 0 aliphatic rings. The second kappa shape index (κ2) is 7.43. The van der Waals surface area contributed by atoms with Gasteiger partial charge >= 0.3 is 6.18 Å². The summed E-state index contributed by atoms with van der Waals surface area (Å²) in [5.41, 5.74) is 0.693. The van der Waals surface area contributed by atoms with E-state index in [9.17, 15) is 13.2 Å². The van der Waals surface area contributed by atoms with Crippen molar-refractivity contribution >= 4 is 17.3 Å². The van der Waals surface area contributed by atoms with Gasteiger partial charge in [-0.15, -0.1) is 0 Å². The molecule has 1 aromatic heterocycles. The predicted molar refractivity (Wildman–Crippen MR) is 95.3 cm³/mol. The topological polar surface area (TPSA) is 49.8 Å².